The summed E-state index contributed by atoms with van der Waals surface area (Å²) < 4.78 is 6.99. The lowest BCUT2D eigenvalue weighted by atomic mass is 10.0. The van der Waals surface area contributed by atoms with Crippen molar-refractivity contribution in [2.45, 2.75) is 40.8 Å². The second-order valence-corrected chi connectivity index (χ2v) is 8.23. The van der Waals surface area contributed by atoms with E-state index in [2.05, 4.69) is 4.98 Å². The van der Waals surface area contributed by atoms with Crippen molar-refractivity contribution in [2.75, 3.05) is 13.2 Å². The third kappa shape index (κ3) is 5.20. The van der Waals surface area contributed by atoms with Gasteiger partial charge in [-0.3, -0.25) is 14.6 Å². The van der Waals surface area contributed by atoms with Crippen molar-refractivity contribution in [3.8, 4) is 0 Å². The van der Waals surface area contributed by atoms with Gasteiger partial charge in [-0.15, -0.1) is 0 Å². The average molecular weight is 482 g/mol. The summed E-state index contributed by atoms with van der Waals surface area (Å²) in [6, 6.07) is 10.3. The van der Waals surface area contributed by atoms with Gasteiger partial charge >= 0.3 is 5.97 Å². The Kier molecular flexibility index (Phi) is 8.23. The van der Waals surface area contributed by atoms with Crippen LogP contribution in [-0.4, -0.2) is 45.3 Å². The molecule has 0 aliphatic carbocycles. The Balaban J connectivity index is 2.00. The Hall–Kier alpha value is -3.45. The van der Waals surface area contributed by atoms with E-state index < -0.39 is 5.97 Å². The first-order chi connectivity index (χ1) is 16.3. The number of amides is 1. The molecule has 0 unspecified atom stereocenters. The van der Waals surface area contributed by atoms with E-state index in [4.69, 9.17) is 16.3 Å². The van der Waals surface area contributed by atoms with Gasteiger partial charge in [-0.25, -0.2) is 4.79 Å². The summed E-state index contributed by atoms with van der Waals surface area (Å²) in [5, 5.41) is 0.314. The minimum atomic E-state index is -0.468. The van der Waals surface area contributed by atoms with Crippen LogP contribution in [0.2, 0.25) is 5.02 Å². The monoisotopic (exact) mass is 481 g/mol. The molecular formula is C26H28ClN3O4. The number of hydrogen-bond acceptors (Lipinski definition) is 5. The third-order valence-electron chi connectivity index (χ3n) is 5.68. The van der Waals surface area contributed by atoms with Crippen LogP contribution in [0.25, 0.3) is 0 Å². The van der Waals surface area contributed by atoms with Crippen molar-refractivity contribution in [1.29, 1.82) is 0 Å². The minimum Gasteiger partial charge on any atom is -0.461 e. The zero-order chi connectivity index (χ0) is 24.8. The van der Waals surface area contributed by atoms with E-state index in [-0.39, 0.29) is 31.4 Å². The molecule has 3 aromatic rings. The summed E-state index contributed by atoms with van der Waals surface area (Å²) in [6.45, 7) is 7.95. The normalized spacial score (nSPS) is 10.7. The number of aromatic nitrogens is 2. The molecule has 8 heteroatoms. The molecule has 178 valence electrons. The first-order valence-corrected chi connectivity index (χ1v) is 11.5. The molecule has 1 aromatic carbocycles. The molecule has 0 aliphatic heterocycles. The van der Waals surface area contributed by atoms with Gasteiger partial charge in [-0.1, -0.05) is 23.7 Å². The quantitative estimate of drug-likeness (QED) is 0.321. The van der Waals surface area contributed by atoms with Crippen molar-refractivity contribution < 1.29 is 19.1 Å². The highest BCUT2D eigenvalue weighted by Gasteiger charge is 2.29. The summed E-state index contributed by atoms with van der Waals surface area (Å²) in [6.07, 6.45) is 3.27. The largest absolute Gasteiger partial charge is 0.461 e. The van der Waals surface area contributed by atoms with Crippen molar-refractivity contribution in [1.82, 2.24) is 14.5 Å². The number of Topliss-reactive ketones (excluding diaryl/α,β-unsaturated/α-hetero) is 1. The highest BCUT2D eigenvalue weighted by atomic mass is 35.5. The Morgan fingerprint density at radius 1 is 1.06 bits per heavy atom. The van der Waals surface area contributed by atoms with Crippen molar-refractivity contribution >= 4 is 29.3 Å². The van der Waals surface area contributed by atoms with E-state index in [0.29, 0.717) is 39.6 Å². The number of rotatable bonds is 9. The highest BCUT2D eigenvalue weighted by Crippen LogP contribution is 2.25. The molecule has 0 spiro atoms. The lowest BCUT2D eigenvalue weighted by Crippen LogP contribution is -2.35. The Bertz CT molecular complexity index is 1200. The van der Waals surface area contributed by atoms with E-state index in [0.717, 1.165) is 5.56 Å². The molecule has 0 saturated carbocycles. The Labute approximate surface area is 204 Å². The number of nitrogens with zero attached hydrogens (tertiary/aromatic N) is 3. The fraction of sp³-hybridized carbons (Fsp3) is 0.308. The average Bonchev–Trinajstić information content (AvgIpc) is 3.08. The van der Waals surface area contributed by atoms with Crippen molar-refractivity contribution in [2.24, 2.45) is 0 Å². The SMILES string of the molecule is CCOC(=O)c1c(C)c(C(=O)CN(Cc2ccncc2)C(=O)c2ccccc2Cl)c(C)n1CC. The number of ketones is 1. The number of benzene rings is 1. The highest BCUT2D eigenvalue weighted by molar-refractivity contribution is 6.33. The van der Waals surface area contributed by atoms with Crippen molar-refractivity contribution in [3.05, 3.63) is 87.5 Å². The smallest absolute Gasteiger partial charge is 0.355 e. The van der Waals surface area contributed by atoms with Gasteiger partial charge in [0.2, 0.25) is 0 Å². The van der Waals surface area contributed by atoms with Gasteiger partial charge in [-0.05, 0) is 63.1 Å². The number of esters is 1. The maximum absolute atomic E-state index is 13.6. The molecule has 7 nitrogen and oxygen atoms in total. The first-order valence-electron chi connectivity index (χ1n) is 11.1. The lowest BCUT2D eigenvalue weighted by Gasteiger charge is -2.23. The zero-order valence-electron chi connectivity index (χ0n) is 19.8. The number of halogens is 1. The molecule has 2 heterocycles. The van der Waals surface area contributed by atoms with Crippen LogP contribution in [0, 0.1) is 13.8 Å². The molecule has 0 aliphatic rings. The molecule has 0 N–H and O–H groups in total. The van der Waals surface area contributed by atoms with Crippen LogP contribution in [-0.2, 0) is 17.8 Å². The van der Waals surface area contributed by atoms with E-state index in [1.165, 1.54) is 4.90 Å². The van der Waals surface area contributed by atoms with Gasteiger partial charge in [0.1, 0.15) is 5.69 Å². The lowest BCUT2D eigenvalue weighted by molar-refractivity contribution is 0.0512. The Morgan fingerprint density at radius 3 is 2.35 bits per heavy atom. The number of carbonyl (C=O) groups is 3. The van der Waals surface area contributed by atoms with Gasteiger partial charge in [0.15, 0.2) is 5.78 Å². The number of ether oxygens (including phenoxy) is 1. The minimum absolute atomic E-state index is 0.177. The standard InChI is InChI=1S/C26H28ClN3O4/c1-5-30-18(4)23(17(3)24(30)26(33)34-6-2)22(31)16-29(15-19-11-13-28-14-12-19)25(32)20-9-7-8-10-21(20)27/h7-14H,5-6,15-16H2,1-4H3. The molecule has 3 rings (SSSR count). The van der Waals surface area contributed by atoms with Gasteiger partial charge < -0.3 is 14.2 Å². The molecular weight excluding hydrogens is 454 g/mol. The third-order valence-corrected chi connectivity index (χ3v) is 6.01. The fourth-order valence-corrected chi connectivity index (χ4v) is 4.35. The van der Waals surface area contributed by atoms with Gasteiger partial charge in [0, 0.05) is 36.7 Å². The predicted molar refractivity (Wildman–Crippen MR) is 130 cm³/mol. The van der Waals surface area contributed by atoms with Crippen LogP contribution < -0.4 is 0 Å². The van der Waals surface area contributed by atoms with Gasteiger partial charge in [0.05, 0.1) is 23.7 Å². The van der Waals surface area contributed by atoms with Crippen LogP contribution in [0.4, 0.5) is 0 Å². The predicted octanol–water partition coefficient (Wildman–Crippen LogP) is 4.88. The van der Waals surface area contributed by atoms with E-state index in [9.17, 15) is 14.4 Å². The van der Waals surface area contributed by atoms with Gasteiger partial charge in [0.25, 0.3) is 5.91 Å². The van der Waals surface area contributed by atoms with E-state index in [1.54, 1.807) is 74.1 Å². The summed E-state index contributed by atoms with van der Waals surface area (Å²) >= 11 is 6.28. The molecule has 34 heavy (non-hydrogen) atoms. The van der Waals surface area contributed by atoms with E-state index in [1.807, 2.05) is 6.92 Å². The second kappa shape index (κ2) is 11.1. The fourth-order valence-electron chi connectivity index (χ4n) is 4.13. The Morgan fingerprint density at radius 2 is 1.74 bits per heavy atom. The van der Waals surface area contributed by atoms with Gasteiger partial charge in [-0.2, -0.15) is 0 Å². The molecule has 0 fully saturated rings. The summed E-state index contributed by atoms with van der Waals surface area (Å²) in [5.74, 6) is -1.08. The number of pyridine rings is 1. The zero-order valence-corrected chi connectivity index (χ0v) is 20.6. The molecule has 2 aromatic heterocycles. The topological polar surface area (TPSA) is 81.5 Å². The summed E-state index contributed by atoms with van der Waals surface area (Å²) in [5.41, 5.74) is 3.16. The maximum Gasteiger partial charge on any atom is 0.355 e. The summed E-state index contributed by atoms with van der Waals surface area (Å²) in [7, 11) is 0. The van der Waals surface area contributed by atoms with Crippen LogP contribution >= 0.6 is 11.6 Å². The molecule has 0 saturated heterocycles. The molecule has 0 bridgehead atoms. The van der Waals surface area contributed by atoms with Crippen molar-refractivity contribution in [3.63, 3.8) is 0 Å². The number of carbonyl (C=O) groups excluding carboxylic acids is 3. The van der Waals surface area contributed by atoms with Crippen LogP contribution in [0.1, 0.15) is 61.9 Å². The maximum atomic E-state index is 13.6. The van der Waals surface area contributed by atoms with Crippen LogP contribution in [0.15, 0.2) is 48.8 Å². The first kappa shape index (κ1) is 25.2. The van der Waals surface area contributed by atoms with Crippen LogP contribution in [0.3, 0.4) is 0 Å². The molecule has 0 radical (unpaired) electrons. The van der Waals surface area contributed by atoms with E-state index >= 15 is 0 Å². The molecule has 0 atom stereocenters. The molecule has 1 amide bonds. The van der Waals surface area contributed by atoms with Crippen LogP contribution in [0.5, 0.6) is 0 Å². The number of hydrogen-bond donors (Lipinski definition) is 0. The second-order valence-electron chi connectivity index (χ2n) is 7.82. The summed E-state index contributed by atoms with van der Waals surface area (Å²) in [4.78, 5) is 45.1.